The second kappa shape index (κ2) is 10.5. The molecule has 0 spiro atoms. The van der Waals surface area contributed by atoms with Crippen molar-refractivity contribution < 1.29 is 22.8 Å². The summed E-state index contributed by atoms with van der Waals surface area (Å²) in [6.07, 6.45) is -3.51. The van der Waals surface area contributed by atoms with Gasteiger partial charge in [-0.05, 0) is 72.9 Å². The van der Waals surface area contributed by atoms with E-state index in [-0.39, 0.29) is 23.1 Å². The van der Waals surface area contributed by atoms with Crippen LogP contribution in [0.4, 0.5) is 24.5 Å². The van der Waals surface area contributed by atoms with Gasteiger partial charge in [-0.1, -0.05) is 44.2 Å². The summed E-state index contributed by atoms with van der Waals surface area (Å²) < 4.78 is 38.6. The molecule has 0 fully saturated rings. The van der Waals surface area contributed by atoms with Crippen LogP contribution in [0.5, 0.6) is 0 Å². The summed E-state index contributed by atoms with van der Waals surface area (Å²) in [5, 5.41) is 5.29. The van der Waals surface area contributed by atoms with E-state index in [4.69, 9.17) is 0 Å². The number of hydrogen-bond donors (Lipinski definition) is 2. The van der Waals surface area contributed by atoms with Gasteiger partial charge in [0, 0.05) is 16.9 Å². The maximum absolute atomic E-state index is 12.9. The van der Waals surface area contributed by atoms with Crippen molar-refractivity contribution in [2.75, 3.05) is 10.6 Å². The van der Waals surface area contributed by atoms with Crippen molar-refractivity contribution in [2.24, 2.45) is 5.92 Å². The normalized spacial score (nSPS) is 12.3. The molecule has 1 atom stereocenters. The Morgan fingerprint density at radius 3 is 2.06 bits per heavy atom. The molecule has 0 aliphatic rings. The van der Waals surface area contributed by atoms with Gasteiger partial charge in [0.05, 0.1) is 11.5 Å². The van der Waals surface area contributed by atoms with Gasteiger partial charge in [-0.2, -0.15) is 13.2 Å². The quantitative estimate of drug-likeness (QED) is 0.396. The Balaban J connectivity index is 1.60. The highest BCUT2D eigenvalue weighted by atomic mass is 19.4. The summed E-state index contributed by atoms with van der Waals surface area (Å²) in [5.74, 6) is -0.538. The third-order valence-corrected chi connectivity index (χ3v) is 5.38. The molecule has 0 radical (unpaired) electrons. The number of anilines is 2. The van der Waals surface area contributed by atoms with Crippen LogP contribution in [0.15, 0.2) is 72.8 Å². The molecule has 0 aromatic heterocycles. The number of carbonyl (C=O) groups is 2. The zero-order valence-corrected chi connectivity index (χ0v) is 19.2. The molecule has 3 rings (SSSR count). The van der Waals surface area contributed by atoms with Gasteiger partial charge >= 0.3 is 6.18 Å². The fraction of sp³-hybridized carbons (Fsp3) is 0.259. The second-order valence-electron chi connectivity index (χ2n) is 8.66. The van der Waals surface area contributed by atoms with Crippen LogP contribution in [0.2, 0.25) is 0 Å². The minimum Gasteiger partial charge on any atom is -0.326 e. The number of alkyl halides is 3. The van der Waals surface area contributed by atoms with Crippen molar-refractivity contribution in [1.29, 1.82) is 0 Å². The van der Waals surface area contributed by atoms with Crippen LogP contribution >= 0.6 is 0 Å². The van der Waals surface area contributed by atoms with Crippen molar-refractivity contribution in [3.8, 4) is 0 Å². The first kappa shape index (κ1) is 25.0. The van der Waals surface area contributed by atoms with E-state index in [0.29, 0.717) is 11.6 Å². The molecule has 34 heavy (non-hydrogen) atoms. The van der Waals surface area contributed by atoms with Gasteiger partial charge in [-0.3, -0.25) is 9.59 Å². The highest BCUT2D eigenvalue weighted by molar-refractivity contribution is 6.04. The first-order valence-electron chi connectivity index (χ1n) is 11.0. The summed E-state index contributed by atoms with van der Waals surface area (Å²) in [7, 11) is 0. The van der Waals surface area contributed by atoms with Crippen molar-refractivity contribution in [3.05, 3.63) is 95.1 Å². The molecular formula is C27H27F3N2O2. The molecule has 2 N–H and O–H groups in total. The minimum atomic E-state index is -4.49. The lowest BCUT2D eigenvalue weighted by Gasteiger charge is -2.14. The molecule has 1 unspecified atom stereocenters. The summed E-state index contributed by atoms with van der Waals surface area (Å²) in [6.45, 7) is 6.14. The third-order valence-electron chi connectivity index (χ3n) is 5.38. The van der Waals surface area contributed by atoms with E-state index >= 15 is 0 Å². The molecule has 2 amide bonds. The lowest BCUT2D eigenvalue weighted by Crippen LogP contribution is -2.19. The lowest BCUT2D eigenvalue weighted by molar-refractivity contribution is -0.137. The maximum atomic E-state index is 12.9. The predicted molar refractivity (Wildman–Crippen MR) is 128 cm³/mol. The van der Waals surface area contributed by atoms with Crippen molar-refractivity contribution in [2.45, 2.75) is 39.3 Å². The zero-order chi connectivity index (χ0) is 24.9. The van der Waals surface area contributed by atoms with Crippen LogP contribution in [0.3, 0.4) is 0 Å². The van der Waals surface area contributed by atoms with Gasteiger partial charge in [-0.15, -0.1) is 0 Å². The lowest BCUT2D eigenvalue weighted by atomic mass is 9.96. The summed E-state index contributed by atoms with van der Waals surface area (Å²) in [5.41, 5.74) is 2.11. The average Bonchev–Trinajstić information content (AvgIpc) is 2.79. The van der Waals surface area contributed by atoms with E-state index in [1.165, 1.54) is 29.8 Å². The molecule has 0 aliphatic carbocycles. The van der Waals surface area contributed by atoms with Gasteiger partial charge in [0.1, 0.15) is 0 Å². The summed E-state index contributed by atoms with van der Waals surface area (Å²) in [6, 6.07) is 18.6. The van der Waals surface area contributed by atoms with Crippen LogP contribution < -0.4 is 10.6 Å². The topological polar surface area (TPSA) is 58.2 Å². The van der Waals surface area contributed by atoms with E-state index in [1.807, 2.05) is 31.2 Å². The fourth-order valence-corrected chi connectivity index (χ4v) is 3.50. The monoisotopic (exact) mass is 468 g/mol. The van der Waals surface area contributed by atoms with E-state index in [0.717, 1.165) is 24.1 Å². The third kappa shape index (κ3) is 6.70. The van der Waals surface area contributed by atoms with E-state index in [1.54, 1.807) is 12.1 Å². The highest BCUT2D eigenvalue weighted by Gasteiger charge is 2.30. The van der Waals surface area contributed by atoms with Gasteiger partial charge in [0.2, 0.25) is 5.91 Å². The molecule has 7 heteroatoms. The van der Waals surface area contributed by atoms with Crippen LogP contribution in [-0.2, 0) is 17.4 Å². The molecular weight excluding hydrogens is 441 g/mol. The van der Waals surface area contributed by atoms with Crippen LogP contribution in [0.1, 0.15) is 53.7 Å². The maximum Gasteiger partial charge on any atom is 0.416 e. The molecule has 3 aromatic carbocycles. The highest BCUT2D eigenvalue weighted by Crippen LogP contribution is 2.30. The fourth-order valence-electron chi connectivity index (χ4n) is 3.50. The number of rotatable bonds is 7. The molecule has 4 nitrogen and oxygen atoms in total. The first-order valence-corrected chi connectivity index (χ1v) is 11.0. The molecule has 0 bridgehead atoms. The Kier molecular flexibility index (Phi) is 7.76. The standard InChI is InChI=1S/C27H27F3N2O2/c1-17(2)15-19-7-9-20(10-8-19)18(3)25(33)31-23-13-11-21(12-14-23)26(34)32-24-6-4-5-22(16-24)27(28,29)30/h4-14,16-18H,15H2,1-3H3,(H,31,33)(H,32,34). The predicted octanol–water partition coefficient (Wildman–Crippen LogP) is 6.90. The number of benzene rings is 3. The van der Waals surface area contributed by atoms with E-state index in [2.05, 4.69) is 24.5 Å². The number of halogens is 3. The largest absolute Gasteiger partial charge is 0.416 e. The number of amides is 2. The molecule has 3 aromatic rings. The van der Waals surface area contributed by atoms with Crippen molar-refractivity contribution >= 4 is 23.2 Å². The van der Waals surface area contributed by atoms with Crippen molar-refractivity contribution in [3.63, 3.8) is 0 Å². The van der Waals surface area contributed by atoms with Crippen LogP contribution in [-0.4, -0.2) is 11.8 Å². The average molecular weight is 469 g/mol. The summed E-state index contributed by atoms with van der Waals surface area (Å²) >= 11 is 0. The van der Waals surface area contributed by atoms with E-state index in [9.17, 15) is 22.8 Å². The Bertz CT molecular complexity index is 1140. The summed E-state index contributed by atoms with van der Waals surface area (Å²) in [4.78, 5) is 25.1. The van der Waals surface area contributed by atoms with Gasteiger partial charge in [-0.25, -0.2) is 0 Å². The minimum absolute atomic E-state index is 0.0467. The Labute approximate surface area is 197 Å². The Morgan fingerprint density at radius 2 is 1.47 bits per heavy atom. The van der Waals surface area contributed by atoms with Gasteiger partial charge < -0.3 is 10.6 Å². The number of hydrogen-bond acceptors (Lipinski definition) is 2. The van der Waals surface area contributed by atoms with Crippen LogP contribution in [0.25, 0.3) is 0 Å². The molecule has 0 heterocycles. The SMILES string of the molecule is CC(C)Cc1ccc(C(C)C(=O)Nc2ccc(C(=O)Nc3cccc(C(F)(F)F)c3)cc2)cc1. The molecule has 178 valence electrons. The second-order valence-corrected chi connectivity index (χ2v) is 8.66. The van der Waals surface area contributed by atoms with E-state index < -0.39 is 17.6 Å². The zero-order valence-electron chi connectivity index (χ0n) is 19.2. The first-order chi connectivity index (χ1) is 16.0. The smallest absolute Gasteiger partial charge is 0.326 e. The molecule has 0 saturated carbocycles. The molecule has 0 saturated heterocycles. The number of carbonyl (C=O) groups excluding carboxylic acids is 2. The van der Waals surface area contributed by atoms with Crippen LogP contribution in [0, 0.1) is 5.92 Å². The van der Waals surface area contributed by atoms with Gasteiger partial charge in [0.25, 0.3) is 5.91 Å². The van der Waals surface area contributed by atoms with Gasteiger partial charge in [0.15, 0.2) is 0 Å². The van der Waals surface area contributed by atoms with Crippen molar-refractivity contribution in [1.82, 2.24) is 0 Å². The Hall–Kier alpha value is -3.61. The number of nitrogens with one attached hydrogen (secondary N) is 2. The molecule has 0 aliphatic heterocycles. The Morgan fingerprint density at radius 1 is 0.824 bits per heavy atom.